The molecule has 1 aliphatic rings. The van der Waals surface area contributed by atoms with Crippen LogP contribution in [0.15, 0.2) is 24.3 Å². The Morgan fingerprint density at radius 2 is 2.05 bits per heavy atom. The molecule has 4 heteroatoms. The summed E-state index contributed by atoms with van der Waals surface area (Å²) in [6.45, 7) is 3.86. The van der Waals surface area contributed by atoms with E-state index in [9.17, 15) is 4.79 Å². The predicted octanol–water partition coefficient (Wildman–Crippen LogP) is 2.63. The van der Waals surface area contributed by atoms with E-state index in [1.807, 2.05) is 36.2 Å². The Balaban J connectivity index is 1.78. The quantitative estimate of drug-likeness (QED) is 0.793. The van der Waals surface area contributed by atoms with Gasteiger partial charge >= 0.3 is 5.97 Å². The molecule has 0 aliphatic heterocycles. The van der Waals surface area contributed by atoms with Crippen molar-refractivity contribution in [1.29, 1.82) is 0 Å². The molecular formula is C16H23NO3. The van der Waals surface area contributed by atoms with Crippen molar-refractivity contribution in [2.24, 2.45) is 11.8 Å². The van der Waals surface area contributed by atoms with E-state index < -0.39 is 5.97 Å². The average Bonchev–Trinajstić information content (AvgIpc) is 3.21. The second-order valence-electron chi connectivity index (χ2n) is 5.83. The van der Waals surface area contributed by atoms with Crippen molar-refractivity contribution in [2.45, 2.75) is 26.3 Å². The van der Waals surface area contributed by atoms with Crippen LogP contribution in [-0.4, -0.2) is 36.2 Å². The van der Waals surface area contributed by atoms with Crippen LogP contribution in [0.1, 0.15) is 25.3 Å². The van der Waals surface area contributed by atoms with Gasteiger partial charge < -0.3 is 14.7 Å². The monoisotopic (exact) mass is 277 g/mol. The maximum atomic E-state index is 10.8. The Labute approximate surface area is 120 Å². The summed E-state index contributed by atoms with van der Waals surface area (Å²) in [7, 11) is 1.94. The van der Waals surface area contributed by atoms with Gasteiger partial charge in [0.25, 0.3) is 0 Å². The highest BCUT2D eigenvalue weighted by molar-refractivity contribution is 5.69. The zero-order valence-electron chi connectivity index (χ0n) is 12.2. The van der Waals surface area contributed by atoms with E-state index in [-0.39, 0.29) is 5.92 Å². The second-order valence-corrected chi connectivity index (χ2v) is 5.83. The lowest BCUT2D eigenvalue weighted by Gasteiger charge is -2.19. The number of carboxylic acids is 1. The molecule has 1 unspecified atom stereocenters. The maximum Gasteiger partial charge on any atom is 0.307 e. The standard InChI is InChI=1S/C16H23NO3/c1-12(16(18)19)9-17(2)10-13-5-7-15(8-6-13)20-11-14-3-4-14/h5-8,12,14H,3-4,9-11H2,1-2H3,(H,18,19). The van der Waals surface area contributed by atoms with Gasteiger partial charge in [0.2, 0.25) is 0 Å². The molecule has 0 spiro atoms. The Morgan fingerprint density at radius 3 is 2.60 bits per heavy atom. The van der Waals surface area contributed by atoms with E-state index in [4.69, 9.17) is 9.84 Å². The largest absolute Gasteiger partial charge is 0.493 e. The number of aliphatic carboxylic acids is 1. The fourth-order valence-corrected chi connectivity index (χ4v) is 2.11. The summed E-state index contributed by atoms with van der Waals surface area (Å²) in [5, 5.41) is 8.90. The first-order valence-electron chi connectivity index (χ1n) is 7.17. The van der Waals surface area contributed by atoms with Crippen molar-refractivity contribution in [3.63, 3.8) is 0 Å². The van der Waals surface area contributed by atoms with Crippen LogP contribution in [0, 0.1) is 11.8 Å². The minimum Gasteiger partial charge on any atom is -0.493 e. The van der Waals surface area contributed by atoms with E-state index in [2.05, 4.69) is 0 Å². The summed E-state index contributed by atoms with van der Waals surface area (Å²) in [4.78, 5) is 12.8. The number of benzene rings is 1. The van der Waals surface area contributed by atoms with Gasteiger partial charge in [0.15, 0.2) is 0 Å². The summed E-state index contributed by atoms with van der Waals surface area (Å²) in [6.07, 6.45) is 2.59. The van der Waals surface area contributed by atoms with E-state index in [1.54, 1.807) is 6.92 Å². The third-order valence-corrected chi connectivity index (χ3v) is 3.57. The van der Waals surface area contributed by atoms with E-state index >= 15 is 0 Å². The Hall–Kier alpha value is -1.55. The minimum absolute atomic E-state index is 0.346. The predicted molar refractivity (Wildman–Crippen MR) is 77.8 cm³/mol. The van der Waals surface area contributed by atoms with Gasteiger partial charge in [0.05, 0.1) is 12.5 Å². The molecule has 1 saturated carbocycles. The number of nitrogens with zero attached hydrogens (tertiary/aromatic N) is 1. The zero-order chi connectivity index (χ0) is 14.5. The van der Waals surface area contributed by atoms with E-state index in [1.165, 1.54) is 18.4 Å². The highest BCUT2D eigenvalue weighted by atomic mass is 16.5. The molecule has 1 N–H and O–H groups in total. The van der Waals surface area contributed by atoms with Gasteiger partial charge in [0, 0.05) is 13.1 Å². The van der Waals surface area contributed by atoms with Crippen molar-refractivity contribution in [3.8, 4) is 5.75 Å². The van der Waals surface area contributed by atoms with Crippen molar-refractivity contribution in [1.82, 2.24) is 4.90 Å². The van der Waals surface area contributed by atoms with Gasteiger partial charge in [-0.15, -0.1) is 0 Å². The van der Waals surface area contributed by atoms with Crippen LogP contribution in [0.3, 0.4) is 0 Å². The minimum atomic E-state index is -0.749. The van der Waals surface area contributed by atoms with Gasteiger partial charge in [-0.05, 0) is 43.5 Å². The molecular weight excluding hydrogens is 254 g/mol. The number of ether oxygens (including phenoxy) is 1. The molecule has 2 rings (SSSR count). The lowest BCUT2D eigenvalue weighted by molar-refractivity contribution is -0.141. The highest BCUT2D eigenvalue weighted by Crippen LogP contribution is 2.29. The molecule has 1 aromatic carbocycles. The number of carbonyl (C=O) groups is 1. The van der Waals surface area contributed by atoms with Crippen LogP contribution in [-0.2, 0) is 11.3 Å². The van der Waals surface area contributed by atoms with Gasteiger partial charge in [-0.1, -0.05) is 19.1 Å². The van der Waals surface area contributed by atoms with E-state index in [0.717, 1.165) is 24.8 Å². The molecule has 110 valence electrons. The first kappa shape index (κ1) is 14.9. The normalized spacial score (nSPS) is 16.1. The van der Waals surface area contributed by atoms with Crippen LogP contribution in [0.4, 0.5) is 0 Å². The second kappa shape index (κ2) is 6.75. The highest BCUT2D eigenvalue weighted by Gasteiger charge is 2.21. The zero-order valence-corrected chi connectivity index (χ0v) is 12.2. The molecule has 1 fully saturated rings. The lowest BCUT2D eigenvalue weighted by atomic mass is 10.1. The topological polar surface area (TPSA) is 49.8 Å². The number of hydrogen-bond acceptors (Lipinski definition) is 3. The molecule has 0 saturated heterocycles. The van der Waals surface area contributed by atoms with Crippen molar-refractivity contribution in [3.05, 3.63) is 29.8 Å². The Kier molecular flexibility index (Phi) is 5.01. The SMILES string of the molecule is CC(CN(C)Cc1ccc(OCC2CC2)cc1)C(=O)O. The molecule has 0 bridgehead atoms. The smallest absolute Gasteiger partial charge is 0.307 e. The molecule has 1 atom stereocenters. The number of rotatable bonds is 8. The molecule has 4 nitrogen and oxygen atoms in total. The van der Waals surface area contributed by atoms with Crippen molar-refractivity contribution < 1.29 is 14.6 Å². The van der Waals surface area contributed by atoms with Crippen molar-refractivity contribution >= 4 is 5.97 Å². The fraction of sp³-hybridized carbons (Fsp3) is 0.562. The summed E-state index contributed by atoms with van der Waals surface area (Å²) < 4.78 is 5.69. The van der Waals surface area contributed by atoms with Crippen molar-refractivity contribution in [2.75, 3.05) is 20.2 Å². The number of carboxylic acid groups (broad SMARTS) is 1. The van der Waals surface area contributed by atoms with Crippen LogP contribution >= 0.6 is 0 Å². The summed E-state index contributed by atoms with van der Waals surface area (Å²) in [6, 6.07) is 8.08. The Morgan fingerprint density at radius 1 is 1.40 bits per heavy atom. The van der Waals surface area contributed by atoms with E-state index in [0.29, 0.717) is 6.54 Å². The number of hydrogen-bond donors (Lipinski definition) is 1. The third-order valence-electron chi connectivity index (χ3n) is 3.57. The summed E-state index contributed by atoms with van der Waals surface area (Å²) in [5.41, 5.74) is 1.17. The molecule has 20 heavy (non-hydrogen) atoms. The van der Waals surface area contributed by atoms with Gasteiger partial charge in [-0.2, -0.15) is 0 Å². The summed E-state index contributed by atoms with van der Waals surface area (Å²) in [5.74, 6) is 0.586. The molecule has 0 amide bonds. The molecule has 1 aliphatic carbocycles. The first-order chi connectivity index (χ1) is 9.54. The van der Waals surface area contributed by atoms with Gasteiger partial charge in [-0.25, -0.2) is 0 Å². The van der Waals surface area contributed by atoms with Crippen LogP contribution in [0.5, 0.6) is 5.75 Å². The van der Waals surface area contributed by atoms with Gasteiger partial charge in [-0.3, -0.25) is 4.79 Å². The Bertz CT molecular complexity index is 440. The molecule has 0 radical (unpaired) electrons. The first-order valence-corrected chi connectivity index (χ1v) is 7.17. The average molecular weight is 277 g/mol. The lowest BCUT2D eigenvalue weighted by Crippen LogP contribution is -2.28. The summed E-state index contributed by atoms with van der Waals surface area (Å²) >= 11 is 0. The molecule has 1 aromatic rings. The van der Waals surface area contributed by atoms with Crippen LogP contribution in [0.2, 0.25) is 0 Å². The fourth-order valence-electron chi connectivity index (χ4n) is 2.11. The van der Waals surface area contributed by atoms with Crippen LogP contribution in [0.25, 0.3) is 0 Å². The van der Waals surface area contributed by atoms with Crippen LogP contribution < -0.4 is 4.74 Å². The third kappa shape index (κ3) is 4.85. The molecule has 0 aromatic heterocycles. The maximum absolute atomic E-state index is 10.8. The van der Waals surface area contributed by atoms with Gasteiger partial charge in [0.1, 0.15) is 5.75 Å². The molecule has 0 heterocycles.